The lowest BCUT2D eigenvalue weighted by molar-refractivity contribution is -0.137. The van der Waals surface area contributed by atoms with Crippen LogP contribution in [0, 0.1) is 0 Å². The fourth-order valence-corrected chi connectivity index (χ4v) is 3.14. The van der Waals surface area contributed by atoms with E-state index in [4.69, 9.17) is 0 Å². The first-order chi connectivity index (χ1) is 11.1. The van der Waals surface area contributed by atoms with E-state index in [0.29, 0.717) is 19.5 Å². The van der Waals surface area contributed by atoms with Crippen molar-refractivity contribution in [1.29, 1.82) is 0 Å². The van der Waals surface area contributed by atoms with Crippen LogP contribution in [-0.4, -0.2) is 82.4 Å². The van der Waals surface area contributed by atoms with Crippen molar-refractivity contribution < 1.29 is 9.59 Å². The Morgan fingerprint density at radius 3 is 2.70 bits per heavy atom. The summed E-state index contributed by atoms with van der Waals surface area (Å²) >= 11 is 1.84. The van der Waals surface area contributed by atoms with Crippen LogP contribution in [0.5, 0.6) is 0 Å². The number of amides is 2. The maximum Gasteiger partial charge on any atom is 0.245 e. The van der Waals surface area contributed by atoms with Crippen LogP contribution < -0.4 is 5.32 Å². The summed E-state index contributed by atoms with van der Waals surface area (Å²) in [6.45, 7) is 5.71. The molecule has 0 spiro atoms. The van der Waals surface area contributed by atoms with Crippen LogP contribution >= 0.6 is 11.8 Å². The molecule has 1 aliphatic heterocycles. The van der Waals surface area contributed by atoms with Crippen molar-refractivity contribution >= 4 is 23.6 Å². The zero-order valence-electron chi connectivity index (χ0n) is 13.7. The first-order valence-electron chi connectivity index (χ1n) is 7.84. The molecule has 2 amide bonds. The van der Waals surface area contributed by atoms with Crippen LogP contribution in [0.15, 0.2) is 12.5 Å². The van der Waals surface area contributed by atoms with E-state index in [-0.39, 0.29) is 11.8 Å². The Labute approximate surface area is 141 Å². The number of hydrogen-bond donors (Lipinski definition) is 2. The monoisotopic (exact) mass is 339 g/mol. The third kappa shape index (κ3) is 5.54. The number of hydrogen-bond acceptors (Lipinski definition) is 5. The molecular weight excluding hydrogens is 314 g/mol. The quantitative estimate of drug-likeness (QED) is 0.729. The molecule has 0 aliphatic carbocycles. The summed E-state index contributed by atoms with van der Waals surface area (Å²) in [5, 5.41) is 2.77. The van der Waals surface area contributed by atoms with Gasteiger partial charge in [0.15, 0.2) is 0 Å². The van der Waals surface area contributed by atoms with Crippen LogP contribution in [0.3, 0.4) is 0 Å². The third-order valence-electron chi connectivity index (χ3n) is 3.95. The molecule has 1 atom stereocenters. The fraction of sp³-hybridized carbons (Fsp3) is 0.667. The molecule has 23 heavy (non-hydrogen) atoms. The van der Waals surface area contributed by atoms with Crippen molar-refractivity contribution in [3.8, 4) is 0 Å². The molecule has 0 saturated carbocycles. The molecule has 1 saturated heterocycles. The highest BCUT2D eigenvalue weighted by Crippen LogP contribution is 2.08. The molecule has 2 N–H and O–H groups in total. The van der Waals surface area contributed by atoms with E-state index < -0.39 is 6.04 Å². The van der Waals surface area contributed by atoms with Gasteiger partial charge in [0, 0.05) is 63.7 Å². The fourth-order valence-electron chi connectivity index (χ4n) is 2.69. The first-order valence-corrected chi connectivity index (χ1v) is 9.24. The molecule has 128 valence electrons. The van der Waals surface area contributed by atoms with Crippen LogP contribution in [0.1, 0.15) is 12.6 Å². The van der Waals surface area contributed by atoms with Crippen molar-refractivity contribution in [3.05, 3.63) is 18.2 Å². The summed E-state index contributed by atoms with van der Waals surface area (Å²) < 4.78 is 0. The Hall–Kier alpha value is -1.54. The van der Waals surface area contributed by atoms with Gasteiger partial charge in [-0.1, -0.05) is 0 Å². The van der Waals surface area contributed by atoms with Crippen molar-refractivity contribution in [2.45, 2.75) is 19.4 Å². The highest BCUT2D eigenvalue weighted by Gasteiger charge is 2.28. The van der Waals surface area contributed by atoms with Crippen molar-refractivity contribution in [1.82, 2.24) is 25.1 Å². The Balaban J connectivity index is 1.91. The van der Waals surface area contributed by atoms with E-state index in [1.54, 1.807) is 12.5 Å². The predicted molar refractivity (Wildman–Crippen MR) is 91.3 cm³/mol. The van der Waals surface area contributed by atoms with Gasteiger partial charge in [-0.25, -0.2) is 4.98 Å². The lowest BCUT2D eigenvalue weighted by atomic mass is 10.1. The number of nitrogens with one attached hydrogen (secondary N) is 2. The SMILES string of the molecule is CSCCN1CCN(C(=O)[C@H](Cc2cnc[nH]2)NC(C)=O)CC1. The number of thioether (sulfide) groups is 1. The second-order valence-electron chi connectivity index (χ2n) is 5.69. The van der Waals surface area contributed by atoms with E-state index in [2.05, 4.69) is 26.4 Å². The number of aromatic nitrogens is 2. The summed E-state index contributed by atoms with van der Waals surface area (Å²) in [6, 6.07) is -0.536. The van der Waals surface area contributed by atoms with Crippen molar-refractivity contribution in [2.24, 2.45) is 0 Å². The van der Waals surface area contributed by atoms with Gasteiger partial charge in [-0.05, 0) is 6.26 Å². The van der Waals surface area contributed by atoms with Gasteiger partial charge >= 0.3 is 0 Å². The minimum atomic E-state index is -0.536. The number of imidazole rings is 1. The lowest BCUT2D eigenvalue weighted by Gasteiger charge is -2.36. The average molecular weight is 339 g/mol. The molecule has 0 radical (unpaired) electrons. The van der Waals surface area contributed by atoms with Crippen LogP contribution in [0.25, 0.3) is 0 Å². The predicted octanol–water partition coefficient (Wildman–Crippen LogP) is -0.0359. The summed E-state index contributed by atoms with van der Waals surface area (Å²) in [6.07, 6.45) is 5.80. The summed E-state index contributed by atoms with van der Waals surface area (Å²) in [5.41, 5.74) is 0.843. The summed E-state index contributed by atoms with van der Waals surface area (Å²) in [5.74, 6) is 0.906. The number of aromatic amines is 1. The van der Waals surface area contributed by atoms with Crippen LogP contribution in [0.4, 0.5) is 0 Å². The number of rotatable bonds is 7. The minimum Gasteiger partial charge on any atom is -0.348 e. The number of carbonyl (C=O) groups excluding carboxylic acids is 2. The molecule has 1 aromatic rings. The topological polar surface area (TPSA) is 81.3 Å². The number of nitrogens with zero attached hydrogens (tertiary/aromatic N) is 3. The van der Waals surface area contributed by atoms with Gasteiger partial charge in [0.25, 0.3) is 0 Å². The molecule has 1 aromatic heterocycles. The summed E-state index contributed by atoms with van der Waals surface area (Å²) in [7, 11) is 0. The Kier molecular flexibility index (Phi) is 6.91. The summed E-state index contributed by atoms with van der Waals surface area (Å²) in [4.78, 5) is 35.3. The third-order valence-corrected chi connectivity index (χ3v) is 4.54. The largest absolute Gasteiger partial charge is 0.348 e. The standard InChI is InChI=1S/C15H25N5O2S/c1-12(21)18-14(9-13-10-16-11-17-13)15(22)20-5-3-19(4-6-20)7-8-23-2/h10-11,14H,3-9H2,1-2H3,(H,16,17)(H,18,21)/t14-/m0/s1. The van der Waals surface area contributed by atoms with E-state index in [1.165, 1.54) is 6.92 Å². The molecule has 0 unspecified atom stereocenters. The normalized spacial score (nSPS) is 17.0. The second kappa shape index (κ2) is 8.93. The smallest absolute Gasteiger partial charge is 0.245 e. The zero-order valence-corrected chi connectivity index (χ0v) is 14.6. The van der Waals surface area contributed by atoms with Gasteiger partial charge in [0.2, 0.25) is 11.8 Å². The number of piperazine rings is 1. The average Bonchev–Trinajstić information content (AvgIpc) is 3.05. The van der Waals surface area contributed by atoms with Crippen LogP contribution in [0.2, 0.25) is 0 Å². The molecule has 7 nitrogen and oxygen atoms in total. The van der Waals surface area contributed by atoms with Gasteiger partial charge in [0.1, 0.15) is 6.04 Å². The Morgan fingerprint density at radius 1 is 1.39 bits per heavy atom. The number of carbonyl (C=O) groups is 2. The lowest BCUT2D eigenvalue weighted by Crippen LogP contribution is -2.55. The molecule has 8 heteroatoms. The molecule has 2 rings (SSSR count). The highest BCUT2D eigenvalue weighted by molar-refractivity contribution is 7.98. The first kappa shape index (κ1) is 17.8. The van der Waals surface area contributed by atoms with Crippen molar-refractivity contribution in [3.63, 3.8) is 0 Å². The molecule has 1 aliphatic rings. The highest BCUT2D eigenvalue weighted by atomic mass is 32.2. The van der Waals surface area contributed by atoms with Crippen molar-refractivity contribution in [2.75, 3.05) is 44.7 Å². The van der Waals surface area contributed by atoms with E-state index in [1.807, 2.05) is 16.7 Å². The van der Waals surface area contributed by atoms with Crippen LogP contribution in [-0.2, 0) is 16.0 Å². The van der Waals surface area contributed by atoms with E-state index >= 15 is 0 Å². The maximum atomic E-state index is 12.7. The molecule has 2 heterocycles. The van der Waals surface area contributed by atoms with E-state index in [0.717, 1.165) is 31.1 Å². The van der Waals surface area contributed by atoms with Gasteiger partial charge < -0.3 is 15.2 Å². The number of H-pyrrole nitrogens is 1. The molecule has 0 bridgehead atoms. The molecule has 0 aromatic carbocycles. The Morgan fingerprint density at radius 2 is 2.13 bits per heavy atom. The zero-order chi connectivity index (χ0) is 16.7. The minimum absolute atomic E-state index is 0.0145. The second-order valence-corrected chi connectivity index (χ2v) is 6.68. The molecular formula is C15H25N5O2S. The van der Waals surface area contributed by atoms with Gasteiger partial charge in [-0.15, -0.1) is 0 Å². The Bertz CT molecular complexity index is 500. The van der Waals surface area contributed by atoms with Gasteiger partial charge in [-0.3, -0.25) is 14.5 Å². The van der Waals surface area contributed by atoms with E-state index in [9.17, 15) is 9.59 Å². The van der Waals surface area contributed by atoms with Gasteiger partial charge in [-0.2, -0.15) is 11.8 Å². The van der Waals surface area contributed by atoms with Gasteiger partial charge in [0.05, 0.1) is 6.33 Å². The molecule has 1 fully saturated rings. The maximum absolute atomic E-state index is 12.7.